The third-order valence-electron chi connectivity index (χ3n) is 3.11. The predicted molar refractivity (Wildman–Crippen MR) is 89.7 cm³/mol. The van der Waals surface area contributed by atoms with Crippen molar-refractivity contribution in [2.75, 3.05) is 6.61 Å². The first-order valence-corrected chi connectivity index (χ1v) is 7.67. The van der Waals surface area contributed by atoms with E-state index >= 15 is 0 Å². The van der Waals surface area contributed by atoms with Gasteiger partial charge in [0.15, 0.2) is 0 Å². The van der Waals surface area contributed by atoms with Crippen LogP contribution in [0.2, 0.25) is 0 Å². The highest BCUT2D eigenvalue weighted by Gasteiger charge is 2.18. The van der Waals surface area contributed by atoms with Gasteiger partial charge >= 0.3 is 5.97 Å². The molecule has 5 heteroatoms. The van der Waals surface area contributed by atoms with Crippen molar-refractivity contribution in [1.29, 1.82) is 0 Å². The van der Waals surface area contributed by atoms with Gasteiger partial charge in [-0.05, 0) is 49.1 Å². The van der Waals surface area contributed by atoms with Crippen molar-refractivity contribution in [3.8, 4) is 5.75 Å². The Balaban J connectivity index is 2.67. The fourth-order valence-corrected chi connectivity index (χ4v) is 2.15. The van der Waals surface area contributed by atoms with Crippen LogP contribution in [-0.2, 0) is 4.79 Å². The van der Waals surface area contributed by atoms with Crippen LogP contribution in [0.1, 0.15) is 44.0 Å². The molecule has 1 atom stereocenters. The fourth-order valence-electron chi connectivity index (χ4n) is 2.15. The van der Waals surface area contributed by atoms with Crippen LogP contribution in [0.3, 0.4) is 0 Å². The average molecular weight is 319 g/mol. The standard InChI is InChI=1S/C18H25NO4/c1-12(2)9-15(10-17(20)21)19-18(22)14-5-7-16(8-6-14)23-11-13(3)4/h5-8,12,15H,3,9-11H2,1-2,4H3,(H,19,22)(H,20,21). The number of hydrogen-bond donors (Lipinski definition) is 2. The minimum atomic E-state index is -0.917. The van der Waals surface area contributed by atoms with Gasteiger partial charge in [0, 0.05) is 11.6 Å². The van der Waals surface area contributed by atoms with Gasteiger partial charge in [-0.25, -0.2) is 0 Å². The summed E-state index contributed by atoms with van der Waals surface area (Å²) in [5, 5.41) is 11.7. The number of benzene rings is 1. The van der Waals surface area contributed by atoms with E-state index in [4.69, 9.17) is 9.84 Å². The monoisotopic (exact) mass is 319 g/mol. The summed E-state index contributed by atoms with van der Waals surface area (Å²) in [4.78, 5) is 23.1. The molecular formula is C18H25NO4. The molecular weight excluding hydrogens is 294 g/mol. The molecule has 0 bridgehead atoms. The number of ether oxygens (including phenoxy) is 1. The summed E-state index contributed by atoms with van der Waals surface area (Å²) in [6.07, 6.45) is 0.543. The van der Waals surface area contributed by atoms with E-state index in [0.717, 1.165) is 5.57 Å². The van der Waals surface area contributed by atoms with Crippen molar-refractivity contribution in [3.63, 3.8) is 0 Å². The van der Waals surface area contributed by atoms with Gasteiger partial charge in [0.1, 0.15) is 12.4 Å². The van der Waals surface area contributed by atoms with Crippen LogP contribution in [0.4, 0.5) is 0 Å². The molecule has 0 aliphatic carbocycles. The Hall–Kier alpha value is -2.30. The van der Waals surface area contributed by atoms with Gasteiger partial charge in [-0.3, -0.25) is 9.59 Å². The first-order chi connectivity index (χ1) is 10.8. The number of hydrogen-bond acceptors (Lipinski definition) is 3. The SMILES string of the molecule is C=C(C)COc1ccc(C(=O)NC(CC(=O)O)CC(C)C)cc1. The average Bonchev–Trinajstić information content (AvgIpc) is 2.44. The highest BCUT2D eigenvalue weighted by Crippen LogP contribution is 2.14. The van der Waals surface area contributed by atoms with E-state index < -0.39 is 5.97 Å². The Morgan fingerprint density at radius 3 is 2.35 bits per heavy atom. The molecule has 1 aromatic carbocycles. The maximum absolute atomic E-state index is 12.2. The second-order valence-electron chi connectivity index (χ2n) is 6.17. The molecule has 1 amide bonds. The molecule has 0 saturated carbocycles. The molecule has 0 aliphatic rings. The van der Waals surface area contributed by atoms with Gasteiger partial charge in [0.25, 0.3) is 5.91 Å². The number of rotatable bonds is 9. The molecule has 126 valence electrons. The third-order valence-corrected chi connectivity index (χ3v) is 3.11. The molecule has 0 aromatic heterocycles. The zero-order chi connectivity index (χ0) is 17.4. The van der Waals surface area contributed by atoms with Gasteiger partial charge in [-0.2, -0.15) is 0 Å². The predicted octanol–water partition coefficient (Wildman–Crippen LogP) is 3.26. The summed E-state index contributed by atoms with van der Waals surface area (Å²) >= 11 is 0. The fraction of sp³-hybridized carbons (Fsp3) is 0.444. The number of carbonyl (C=O) groups is 2. The zero-order valence-corrected chi connectivity index (χ0v) is 14.0. The van der Waals surface area contributed by atoms with Gasteiger partial charge < -0.3 is 15.2 Å². The topological polar surface area (TPSA) is 75.6 Å². The molecule has 0 saturated heterocycles. The van der Waals surface area contributed by atoms with Crippen molar-refractivity contribution >= 4 is 11.9 Å². The van der Waals surface area contributed by atoms with Gasteiger partial charge in [-0.1, -0.05) is 20.4 Å². The molecule has 1 aromatic rings. The minimum absolute atomic E-state index is 0.0796. The zero-order valence-electron chi connectivity index (χ0n) is 14.0. The number of nitrogens with one attached hydrogen (secondary N) is 1. The lowest BCUT2D eigenvalue weighted by atomic mass is 10.0. The lowest BCUT2D eigenvalue weighted by Gasteiger charge is -2.19. The number of carboxylic acids is 1. The second-order valence-corrected chi connectivity index (χ2v) is 6.17. The highest BCUT2D eigenvalue weighted by molar-refractivity contribution is 5.94. The number of carbonyl (C=O) groups excluding carboxylic acids is 1. The summed E-state index contributed by atoms with van der Waals surface area (Å²) in [6.45, 7) is 10.1. The molecule has 0 aliphatic heterocycles. The van der Waals surface area contributed by atoms with Crippen LogP contribution in [0, 0.1) is 5.92 Å². The largest absolute Gasteiger partial charge is 0.489 e. The smallest absolute Gasteiger partial charge is 0.305 e. The van der Waals surface area contributed by atoms with E-state index in [1.54, 1.807) is 24.3 Å². The van der Waals surface area contributed by atoms with Crippen molar-refractivity contribution < 1.29 is 19.4 Å². The molecule has 2 N–H and O–H groups in total. The lowest BCUT2D eigenvalue weighted by molar-refractivity contribution is -0.137. The summed E-state index contributed by atoms with van der Waals surface area (Å²) in [5.74, 6) is -0.228. The summed E-state index contributed by atoms with van der Waals surface area (Å²) in [5.41, 5.74) is 1.39. The molecule has 0 spiro atoms. The number of amides is 1. The van der Waals surface area contributed by atoms with Crippen LogP contribution < -0.4 is 10.1 Å². The maximum Gasteiger partial charge on any atom is 0.305 e. The molecule has 0 radical (unpaired) electrons. The van der Waals surface area contributed by atoms with Gasteiger partial charge in [0.2, 0.25) is 0 Å². The van der Waals surface area contributed by atoms with E-state index in [2.05, 4.69) is 11.9 Å². The Labute approximate surface area is 137 Å². The Bertz CT molecular complexity index is 549. The Kier molecular flexibility index (Phi) is 7.32. The van der Waals surface area contributed by atoms with Crippen LogP contribution in [0.15, 0.2) is 36.4 Å². The minimum Gasteiger partial charge on any atom is -0.489 e. The van der Waals surface area contributed by atoms with Crippen molar-refractivity contribution in [3.05, 3.63) is 42.0 Å². The Morgan fingerprint density at radius 2 is 1.87 bits per heavy atom. The van der Waals surface area contributed by atoms with E-state index in [-0.39, 0.29) is 18.4 Å². The molecule has 0 heterocycles. The molecule has 23 heavy (non-hydrogen) atoms. The normalized spacial score (nSPS) is 11.8. The summed E-state index contributed by atoms with van der Waals surface area (Å²) in [7, 11) is 0. The van der Waals surface area contributed by atoms with Crippen LogP contribution >= 0.6 is 0 Å². The van der Waals surface area contributed by atoms with Crippen molar-refractivity contribution in [1.82, 2.24) is 5.32 Å². The van der Waals surface area contributed by atoms with Crippen molar-refractivity contribution in [2.24, 2.45) is 5.92 Å². The maximum atomic E-state index is 12.2. The quantitative estimate of drug-likeness (QED) is 0.685. The van der Waals surface area contributed by atoms with Crippen LogP contribution in [-0.4, -0.2) is 29.6 Å². The summed E-state index contributed by atoms with van der Waals surface area (Å²) in [6, 6.07) is 6.38. The molecule has 1 rings (SSSR count). The number of aliphatic carboxylic acids is 1. The third kappa shape index (κ3) is 7.49. The van der Waals surface area contributed by atoms with Gasteiger partial charge in [-0.15, -0.1) is 0 Å². The van der Waals surface area contributed by atoms with E-state index in [1.165, 1.54) is 0 Å². The first kappa shape index (κ1) is 18.7. The van der Waals surface area contributed by atoms with Gasteiger partial charge in [0.05, 0.1) is 6.42 Å². The summed E-state index contributed by atoms with van der Waals surface area (Å²) < 4.78 is 5.48. The number of carboxylic acid groups (broad SMARTS) is 1. The van der Waals surface area contributed by atoms with E-state index in [1.807, 2.05) is 20.8 Å². The Morgan fingerprint density at radius 1 is 1.26 bits per heavy atom. The molecule has 0 fully saturated rings. The van der Waals surface area contributed by atoms with Crippen LogP contribution in [0.5, 0.6) is 5.75 Å². The van der Waals surface area contributed by atoms with E-state index in [9.17, 15) is 9.59 Å². The molecule has 1 unspecified atom stereocenters. The molecule has 5 nitrogen and oxygen atoms in total. The lowest BCUT2D eigenvalue weighted by Crippen LogP contribution is -2.37. The van der Waals surface area contributed by atoms with E-state index in [0.29, 0.717) is 30.3 Å². The van der Waals surface area contributed by atoms with Crippen molar-refractivity contribution in [2.45, 2.75) is 39.7 Å². The highest BCUT2D eigenvalue weighted by atomic mass is 16.5. The van der Waals surface area contributed by atoms with Crippen LogP contribution in [0.25, 0.3) is 0 Å². The second kappa shape index (κ2) is 8.98. The first-order valence-electron chi connectivity index (χ1n) is 7.67.